The van der Waals surface area contributed by atoms with E-state index in [0.717, 1.165) is 25.7 Å². The summed E-state index contributed by atoms with van der Waals surface area (Å²) in [5.41, 5.74) is 6.17. The van der Waals surface area contributed by atoms with Crippen LogP contribution in [0.1, 0.15) is 32.6 Å². The highest BCUT2D eigenvalue weighted by Gasteiger charge is 2.37. The van der Waals surface area contributed by atoms with E-state index in [1.54, 1.807) is 12.1 Å². The molecule has 1 aliphatic rings. The second kappa shape index (κ2) is 7.61. The van der Waals surface area contributed by atoms with E-state index in [1.165, 1.54) is 19.2 Å². The third-order valence-electron chi connectivity index (χ3n) is 4.25. The van der Waals surface area contributed by atoms with E-state index < -0.39 is 15.6 Å². The van der Waals surface area contributed by atoms with Gasteiger partial charge in [-0.2, -0.15) is 0 Å². The van der Waals surface area contributed by atoms with Crippen molar-refractivity contribution in [2.24, 2.45) is 11.7 Å². The first kappa shape index (κ1) is 19.9. The quantitative estimate of drug-likeness (QED) is 0.761. The molecule has 0 heterocycles. The summed E-state index contributed by atoms with van der Waals surface area (Å²) in [6.07, 6.45) is 3.60. The van der Waals surface area contributed by atoms with E-state index in [0.29, 0.717) is 5.69 Å². The average Bonchev–Trinajstić information content (AvgIpc) is 2.47. The molecule has 0 saturated heterocycles. The topological polar surface area (TPSA) is 101 Å². The Hall–Kier alpha value is -1.15. The fourth-order valence-corrected chi connectivity index (χ4v) is 3.65. The smallest absolute Gasteiger partial charge is 0.240 e. The number of hydrogen-bond acceptors (Lipinski definition) is 4. The second-order valence-corrected chi connectivity index (χ2v) is 7.92. The molecule has 1 amide bonds. The Kier molecular flexibility index (Phi) is 6.59. The van der Waals surface area contributed by atoms with Crippen molar-refractivity contribution in [2.75, 3.05) is 12.4 Å². The number of amides is 1. The monoisotopic (exact) mass is 361 g/mol. The van der Waals surface area contributed by atoms with Crippen molar-refractivity contribution in [1.29, 1.82) is 0 Å². The maximum absolute atomic E-state index is 12.5. The number of nitrogens with two attached hydrogens (primary N) is 1. The lowest BCUT2D eigenvalue weighted by Crippen LogP contribution is -2.51. The number of hydrogen-bond donors (Lipinski definition) is 3. The van der Waals surface area contributed by atoms with Gasteiger partial charge in [0.1, 0.15) is 0 Å². The normalized spacial score (nSPS) is 24.6. The van der Waals surface area contributed by atoms with Gasteiger partial charge in [-0.25, -0.2) is 13.1 Å². The minimum atomic E-state index is -3.53. The van der Waals surface area contributed by atoms with Crippen molar-refractivity contribution < 1.29 is 13.2 Å². The van der Waals surface area contributed by atoms with Crippen molar-refractivity contribution in [3.8, 4) is 0 Å². The van der Waals surface area contributed by atoms with Gasteiger partial charge in [-0.1, -0.05) is 18.9 Å². The molecule has 0 bridgehead atoms. The average molecular weight is 362 g/mol. The van der Waals surface area contributed by atoms with Crippen LogP contribution in [-0.2, 0) is 14.8 Å². The number of sulfonamides is 1. The third-order valence-corrected chi connectivity index (χ3v) is 5.66. The van der Waals surface area contributed by atoms with Crippen LogP contribution in [0.2, 0.25) is 0 Å². The summed E-state index contributed by atoms with van der Waals surface area (Å²) in [5, 5.41) is 2.79. The highest BCUT2D eigenvalue weighted by atomic mass is 35.5. The molecule has 0 aromatic heterocycles. The molecule has 1 fully saturated rings. The summed E-state index contributed by atoms with van der Waals surface area (Å²) >= 11 is 0. The molecule has 130 valence electrons. The Balaban J connectivity index is 0.00000264. The molecule has 1 saturated carbocycles. The lowest BCUT2D eigenvalue weighted by Gasteiger charge is -2.37. The maximum Gasteiger partial charge on any atom is 0.240 e. The summed E-state index contributed by atoms with van der Waals surface area (Å²) in [5.74, 6) is -0.408. The Morgan fingerprint density at radius 3 is 2.65 bits per heavy atom. The highest BCUT2D eigenvalue weighted by molar-refractivity contribution is 7.89. The molecule has 4 N–H and O–H groups in total. The van der Waals surface area contributed by atoms with Gasteiger partial charge >= 0.3 is 0 Å². The zero-order valence-electron chi connectivity index (χ0n) is 13.3. The molecule has 0 radical (unpaired) electrons. The Morgan fingerprint density at radius 2 is 2.04 bits per heavy atom. The molecule has 0 aliphatic heterocycles. The van der Waals surface area contributed by atoms with Crippen molar-refractivity contribution in [1.82, 2.24) is 4.72 Å². The molecule has 1 aromatic carbocycles. The predicted octanol–water partition coefficient (Wildman–Crippen LogP) is 1.86. The van der Waals surface area contributed by atoms with Crippen LogP contribution in [-0.4, -0.2) is 26.9 Å². The van der Waals surface area contributed by atoms with Crippen LogP contribution in [0.4, 0.5) is 5.69 Å². The summed E-state index contributed by atoms with van der Waals surface area (Å²) in [7, 11) is -2.18. The van der Waals surface area contributed by atoms with Crippen LogP contribution in [0, 0.1) is 5.92 Å². The minimum Gasteiger partial charge on any atom is -0.326 e. The molecule has 1 aliphatic carbocycles. The van der Waals surface area contributed by atoms with E-state index in [1.807, 2.05) is 6.92 Å². The first-order valence-electron chi connectivity index (χ1n) is 7.39. The number of carbonyl (C=O) groups is 1. The zero-order chi connectivity index (χ0) is 16.4. The number of rotatable bonds is 4. The summed E-state index contributed by atoms with van der Waals surface area (Å²) in [4.78, 5) is 12.6. The molecule has 23 heavy (non-hydrogen) atoms. The van der Waals surface area contributed by atoms with Gasteiger partial charge in [0.15, 0.2) is 0 Å². The first-order chi connectivity index (χ1) is 10.3. The first-order valence-corrected chi connectivity index (χ1v) is 8.88. The molecule has 2 atom stereocenters. The number of halogens is 1. The molecule has 8 heteroatoms. The molecule has 0 spiro atoms. The fourth-order valence-electron chi connectivity index (χ4n) is 2.88. The van der Waals surface area contributed by atoms with E-state index >= 15 is 0 Å². The zero-order valence-corrected chi connectivity index (χ0v) is 15.0. The van der Waals surface area contributed by atoms with Gasteiger partial charge in [-0.05, 0) is 45.0 Å². The Bertz CT molecular complexity index is 662. The van der Waals surface area contributed by atoms with Crippen LogP contribution in [0.15, 0.2) is 29.2 Å². The molecule has 2 unspecified atom stereocenters. The van der Waals surface area contributed by atoms with Crippen molar-refractivity contribution in [3.63, 3.8) is 0 Å². The minimum absolute atomic E-state index is 0. The molecule has 1 aromatic rings. The maximum atomic E-state index is 12.5. The van der Waals surface area contributed by atoms with Crippen molar-refractivity contribution in [2.45, 2.75) is 43.0 Å². The van der Waals surface area contributed by atoms with Gasteiger partial charge in [-0.15, -0.1) is 12.4 Å². The van der Waals surface area contributed by atoms with Crippen molar-refractivity contribution >= 4 is 34.0 Å². The van der Waals surface area contributed by atoms with E-state index in [-0.39, 0.29) is 29.1 Å². The van der Waals surface area contributed by atoms with Gasteiger partial charge in [0, 0.05) is 11.2 Å². The standard InChI is InChI=1S/C15H23N3O3S.ClH/c1-15(16)9-4-3-8-13(15)14(19)18-11-6-5-7-12(10-11)22(20,21)17-2;/h5-7,10,13,17H,3-4,8-9,16H2,1-2H3,(H,18,19);1H. The number of anilines is 1. The van der Waals surface area contributed by atoms with E-state index in [2.05, 4.69) is 10.0 Å². The predicted molar refractivity (Wildman–Crippen MR) is 93.1 cm³/mol. The van der Waals surface area contributed by atoms with Crippen LogP contribution in [0.3, 0.4) is 0 Å². The number of benzene rings is 1. The van der Waals surface area contributed by atoms with Crippen LogP contribution >= 0.6 is 12.4 Å². The highest BCUT2D eigenvalue weighted by Crippen LogP contribution is 2.32. The van der Waals surface area contributed by atoms with E-state index in [9.17, 15) is 13.2 Å². The van der Waals surface area contributed by atoms with Crippen molar-refractivity contribution in [3.05, 3.63) is 24.3 Å². The molecular weight excluding hydrogens is 338 g/mol. The molecular formula is C15H24ClN3O3S. The SMILES string of the molecule is CNS(=O)(=O)c1cccc(NC(=O)C2CCCCC2(C)N)c1.Cl. The fraction of sp³-hybridized carbons (Fsp3) is 0.533. The Morgan fingerprint density at radius 1 is 1.35 bits per heavy atom. The summed E-state index contributed by atoms with van der Waals surface area (Å²) in [6.45, 7) is 1.90. The summed E-state index contributed by atoms with van der Waals surface area (Å²) in [6, 6.07) is 6.20. The van der Waals surface area contributed by atoms with Gasteiger partial charge in [-0.3, -0.25) is 4.79 Å². The number of carbonyl (C=O) groups excluding carboxylic acids is 1. The van der Waals surface area contributed by atoms with Gasteiger partial charge in [0.05, 0.1) is 10.8 Å². The van der Waals surface area contributed by atoms with Crippen LogP contribution < -0.4 is 15.8 Å². The molecule has 6 nitrogen and oxygen atoms in total. The molecule has 2 rings (SSSR count). The lowest BCUT2D eigenvalue weighted by molar-refractivity contribution is -0.122. The lowest BCUT2D eigenvalue weighted by atomic mass is 9.74. The van der Waals surface area contributed by atoms with Crippen LogP contribution in [0.25, 0.3) is 0 Å². The summed E-state index contributed by atoms with van der Waals surface area (Å²) < 4.78 is 25.9. The Labute approximate surface area is 143 Å². The van der Waals surface area contributed by atoms with Gasteiger partial charge in [0.2, 0.25) is 15.9 Å². The largest absolute Gasteiger partial charge is 0.326 e. The van der Waals surface area contributed by atoms with E-state index in [4.69, 9.17) is 5.73 Å². The second-order valence-electron chi connectivity index (χ2n) is 6.03. The third kappa shape index (κ3) is 4.67. The van der Waals surface area contributed by atoms with Gasteiger partial charge in [0.25, 0.3) is 0 Å². The van der Waals surface area contributed by atoms with Gasteiger partial charge < -0.3 is 11.1 Å². The number of nitrogens with one attached hydrogen (secondary N) is 2. The van der Waals surface area contributed by atoms with Crippen LogP contribution in [0.5, 0.6) is 0 Å².